The van der Waals surface area contributed by atoms with Crippen molar-refractivity contribution in [2.24, 2.45) is 29.6 Å². The maximum absolute atomic E-state index is 6.82. The number of hydrogen-bond donors (Lipinski definition) is 0. The molecule has 0 radical (unpaired) electrons. The van der Waals surface area contributed by atoms with E-state index in [-0.39, 0.29) is 5.04 Å². The van der Waals surface area contributed by atoms with Crippen LogP contribution < -0.4 is 0 Å². The second-order valence-corrected chi connectivity index (χ2v) is 12.6. The quantitative estimate of drug-likeness (QED) is 0.453. The van der Waals surface area contributed by atoms with Gasteiger partial charge in [-0.1, -0.05) is 55.4 Å². The zero-order valence-electron chi connectivity index (χ0n) is 18.1. The Kier molecular flexibility index (Phi) is 8.02. The summed E-state index contributed by atoms with van der Waals surface area (Å²) in [4.78, 5) is 0. The van der Waals surface area contributed by atoms with Crippen LogP contribution in [0.2, 0.25) is 10.6 Å². The minimum absolute atomic E-state index is 0.181. The molecule has 0 aromatic carbocycles. The normalized spacial score (nSPS) is 26.8. The van der Waals surface area contributed by atoms with Crippen LogP contribution in [0.1, 0.15) is 82.1 Å². The predicted molar refractivity (Wildman–Crippen MR) is 108 cm³/mol. The monoisotopic (exact) mass is 356 g/mol. The molecule has 0 amide bonds. The molecule has 1 saturated heterocycles. The highest BCUT2D eigenvalue weighted by molar-refractivity contribution is 6.73. The van der Waals surface area contributed by atoms with Crippen LogP contribution in [-0.4, -0.2) is 21.8 Å². The van der Waals surface area contributed by atoms with Crippen LogP contribution in [0.4, 0.5) is 0 Å². The smallest absolute Gasteiger partial charge is 0.348 e. The van der Waals surface area contributed by atoms with Crippen LogP contribution >= 0.6 is 0 Å². The third kappa shape index (κ3) is 3.37. The van der Waals surface area contributed by atoms with Crippen LogP contribution in [0.15, 0.2) is 0 Å². The van der Waals surface area contributed by atoms with E-state index in [1.54, 1.807) is 0 Å². The second kappa shape index (κ2) is 8.68. The predicted octanol–water partition coefficient (Wildman–Crippen LogP) is 6.65. The topological polar surface area (TPSA) is 18.5 Å². The SMILES string of the molecule is CCO[Si]1(OCC)C(C(C)C)CCC(C(C)C)C1(C(C)C)C(C)C. The maximum atomic E-state index is 6.82. The van der Waals surface area contributed by atoms with E-state index in [1.807, 2.05) is 0 Å². The minimum Gasteiger partial charge on any atom is -0.394 e. The molecule has 3 heteroatoms. The highest BCUT2D eigenvalue weighted by atomic mass is 28.4. The molecule has 144 valence electrons. The molecule has 0 aromatic heterocycles. The van der Waals surface area contributed by atoms with Gasteiger partial charge in [-0.15, -0.1) is 0 Å². The summed E-state index contributed by atoms with van der Waals surface area (Å²) in [7, 11) is -2.41. The van der Waals surface area contributed by atoms with Gasteiger partial charge in [0, 0.05) is 23.8 Å². The van der Waals surface area contributed by atoms with Crippen molar-refractivity contribution in [1.82, 2.24) is 0 Å². The van der Waals surface area contributed by atoms with Crippen LogP contribution in [-0.2, 0) is 8.85 Å². The van der Waals surface area contributed by atoms with Crippen molar-refractivity contribution in [2.75, 3.05) is 13.2 Å². The molecule has 24 heavy (non-hydrogen) atoms. The van der Waals surface area contributed by atoms with E-state index in [4.69, 9.17) is 8.85 Å². The van der Waals surface area contributed by atoms with Crippen molar-refractivity contribution in [2.45, 2.75) is 92.7 Å². The van der Waals surface area contributed by atoms with E-state index in [0.717, 1.165) is 13.2 Å². The Morgan fingerprint density at radius 1 is 0.792 bits per heavy atom. The molecule has 0 aromatic rings. The molecule has 1 rings (SSSR count). The van der Waals surface area contributed by atoms with E-state index in [2.05, 4.69) is 69.2 Å². The summed E-state index contributed by atoms with van der Waals surface area (Å²) in [5, 5.41) is 0.181. The van der Waals surface area contributed by atoms with Gasteiger partial charge in [-0.3, -0.25) is 0 Å². The Morgan fingerprint density at radius 2 is 1.25 bits per heavy atom. The van der Waals surface area contributed by atoms with Gasteiger partial charge in [-0.2, -0.15) is 0 Å². The van der Waals surface area contributed by atoms with E-state index >= 15 is 0 Å². The fourth-order valence-electron chi connectivity index (χ4n) is 6.29. The van der Waals surface area contributed by atoms with Gasteiger partial charge in [0.1, 0.15) is 0 Å². The molecular formula is C21H44O2Si. The lowest BCUT2D eigenvalue weighted by Crippen LogP contribution is -2.67. The second-order valence-electron chi connectivity index (χ2n) is 9.05. The third-order valence-corrected chi connectivity index (χ3v) is 12.8. The summed E-state index contributed by atoms with van der Waals surface area (Å²) in [6.07, 6.45) is 2.60. The lowest BCUT2D eigenvalue weighted by atomic mass is 9.67. The average Bonchev–Trinajstić information content (AvgIpc) is 2.45. The summed E-state index contributed by atoms with van der Waals surface area (Å²) in [5.41, 5.74) is 0.595. The van der Waals surface area contributed by atoms with Crippen LogP contribution in [0.3, 0.4) is 0 Å². The van der Waals surface area contributed by atoms with Crippen molar-refractivity contribution in [3.8, 4) is 0 Å². The molecule has 1 fully saturated rings. The van der Waals surface area contributed by atoms with Gasteiger partial charge in [0.05, 0.1) is 0 Å². The van der Waals surface area contributed by atoms with Gasteiger partial charge >= 0.3 is 8.56 Å². The van der Waals surface area contributed by atoms with Crippen LogP contribution in [0.25, 0.3) is 0 Å². The molecule has 0 saturated carbocycles. The molecule has 1 heterocycles. The lowest BCUT2D eigenvalue weighted by molar-refractivity contribution is 0.0269. The summed E-state index contributed by atoms with van der Waals surface area (Å²) in [6.45, 7) is 25.2. The number of hydrogen-bond acceptors (Lipinski definition) is 2. The lowest BCUT2D eigenvalue weighted by Gasteiger charge is -2.63. The molecule has 0 bridgehead atoms. The van der Waals surface area contributed by atoms with E-state index in [9.17, 15) is 0 Å². The Bertz CT molecular complexity index is 362. The van der Waals surface area contributed by atoms with Gasteiger partial charge in [-0.25, -0.2) is 0 Å². The largest absolute Gasteiger partial charge is 0.394 e. The summed E-state index contributed by atoms with van der Waals surface area (Å²) < 4.78 is 13.6. The van der Waals surface area contributed by atoms with Crippen molar-refractivity contribution in [3.63, 3.8) is 0 Å². The molecule has 2 unspecified atom stereocenters. The molecule has 2 nitrogen and oxygen atoms in total. The Labute approximate surface area is 153 Å². The van der Waals surface area contributed by atoms with Crippen LogP contribution in [0, 0.1) is 29.6 Å². The summed E-state index contributed by atoms with van der Waals surface area (Å²) in [6, 6.07) is 0. The maximum Gasteiger partial charge on any atom is 0.348 e. The Hall–Kier alpha value is 0.137. The first kappa shape index (κ1) is 22.2. The first-order chi connectivity index (χ1) is 11.1. The highest BCUT2D eigenvalue weighted by Crippen LogP contribution is 2.68. The average molecular weight is 357 g/mol. The standard InChI is InChI=1S/C21H44O2Si/c1-11-22-24(23-12-2)20(16(5)6)14-13-19(15(3)4)21(24,17(7)8)18(9)10/h15-20H,11-14H2,1-10H3. The fraction of sp³-hybridized carbons (Fsp3) is 1.00. The Morgan fingerprint density at radius 3 is 1.54 bits per heavy atom. The van der Waals surface area contributed by atoms with Crippen molar-refractivity contribution in [1.29, 1.82) is 0 Å². The highest BCUT2D eigenvalue weighted by Gasteiger charge is 2.70. The van der Waals surface area contributed by atoms with Crippen LogP contribution in [0.5, 0.6) is 0 Å². The van der Waals surface area contributed by atoms with E-state index in [0.29, 0.717) is 35.1 Å². The van der Waals surface area contributed by atoms with Gasteiger partial charge in [-0.05, 0) is 56.3 Å². The molecule has 0 spiro atoms. The number of rotatable bonds is 8. The van der Waals surface area contributed by atoms with Gasteiger partial charge in [0.25, 0.3) is 0 Å². The summed E-state index contributed by atoms with van der Waals surface area (Å²) >= 11 is 0. The van der Waals surface area contributed by atoms with Crippen molar-refractivity contribution in [3.05, 3.63) is 0 Å². The minimum atomic E-state index is -2.41. The zero-order valence-corrected chi connectivity index (χ0v) is 19.1. The van der Waals surface area contributed by atoms with Gasteiger partial charge in [0.15, 0.2) is 0 Å². The van der Waals surface area contributed by atoms with Crippen molar-refractivity contribution < 1.29 is 8.85 Å². The van der Waals surface area contributed by atoms with Gasteiger partial charge in [0.2, 0.25) is 0 Å². The first-order valence-electron chi connectivity index (χ1n) is 10.4. The zero-order chi connectivity index (χ0) is 18.7. The van der Waals surface area contributed by atoms with E-state index < -0.39 is 8.56 Å². The van der Waals surface area contributed by atoms with Gasteiger partial charge < -0.3 is 8.85 Å². The molecule has 0 N–H and O–H groups in total. The molecule has 1 aliphatic rings. The summed E-state index contributed by atoms with van der Waals surface area (Å²) in [5.74, 6) is 3.15. The van der Waals surface area contributed by atoms with E-state index in [1.165, 1.54) is 12.8 Å². The molecule has 0 aliphatic carbocycles. The van der Waals surface area contributed by atoms with Crippen molar-refractivity contribution >= 4 is 8.56 Å². The third-order valence-electron chi connectivity index (χ3n) is 6.73. The molecule has 2 atom stereocenters. The fourth-order valence-corrected chi connectivity index (χ4v) is 12.8. The molecule has 1 aliphatic heterocycles. The first-order valence-corrected chi connectivity index (χ1v) is 12.3. The Balaban J connectivity index is 3.72. The molecular weight excluding hydrogens is 312 g/mol.